The molecule has 0 fully saturated rings. The summed E-state index contributed by atoms with van der Waals surface area (Å²) >= 11 is 3.27. The van der Waals surface area contributed by atoms with E-state index in [9.17, 15) is 14.0 Å². The summed E-state index contributed by atoms with van der Waals surface area (Å²) in [5.41, 5.74) is 0.147. The third kappa shape index (κ3) is 6.60. The first-order valence-electron chi connectivity index (χ1n) is 7.58. The Morgan fingerprint density at radius 2 is 1.92 bits per heavy atom. The molecule has 0 unspecified atom stereocenters. The third-order valence-corrected chi connectivity index (χ3v) is 3.75. The highest BCUT2D eigenvalue weighted by Gasteiger charge is 2.11. The van der Waals surface area contributed by atoms with E-state index in [1.54, 1.807) is 42.4 Å². The standard InChI is InChI=1S/C17H18BrFN4O2/c1-23(11-17(25)22-15-7-6-12(18)10-20-15)9-8-16(24)21-14-5-3-2-4-13(14)19/h2-7,10H,8-9,11H2,1H3,(H,21,24)(H,20,22,25). The second-order valence-corrected chi connectivity index (χ2v) is 6.34. The number of hydrogen-bond donors (Lipinski definition) is 2. The van der Waals surface area contributed by atoms with Crippen LogP contribution >= 0.6 is 15.9 Å². The van der Waals surface area contributed by atoms with Gasteiger partial charge < -0.3 is 10.6 Å². The number of anilines is 2. The normalized spacial score (nSPS) is 10.6. The van der Waals surface area contributed by atoms with Crippen LogP contribution in [0.3, 0.4) is 0 Å². The maximum atomic E-state index is 13.5. The van der Waals surface area contributed by atoms with Crippen molar-refractivity contribution in [2.24, 2.45) is 0 Å². The zero-order chi connectivity index (χ0) is 18.2. The molecule has 132 valence electrons. The number of nitrogens with one attached hydrogen (secondary N) is 2. The first-order valence-corrected chi connectivity index (χ1v) is 8.37. The molecule has 0 aliphatic heterocycles. The number of carbonyl (C=O) groups excluding carboxylic acids is 2. The number of amides is 2. The fourth-order valence-corrected chi connectivity index (χ4v) is 2.26. The highest BCUT2D eigenvalue weighted by molar-refractivity contribution is 9.10. The predicted octanol–water partition coefficient (Wildman–Crippen LogP) is 2.88. The fraction of sp³-hybridized carbons (Fsp3) is 0.235. The lowest BCUT2D eigenvalue weighted by atomic mass is 10.3. The van der Waals surface area contributed by atoms with Crippen LogP contribution in [0.25, 0.3) is 0 Å². The number of nitrogens with zero attached hydrogens (tertiary/aromatic N) is 2. The van der Waals surface area contributed by atoms with Crippen molar-refractivity contribution in [3.8, 4) is 0 Å². The van der Waals surface area contributed by atoms with Gasteiger partial charge in [0.1, 0.15) is 11.6 Å². The minimum absolute atomic E-state index is 0.116. The monoisotopic (exact) mass is 408 g/mol. The molecule has 0 saturated heterocycles. The van der Waals surface area contributed by atoms with E-state index >= 15 is 0 Å². The van der Waals surface area contributed by atoms with Gasteiger partial charge >= 0.3 is 0 Å². The molecule has 2 rings (SSSR count). The fourth-order valence-electron chi connectivity index (χ4n) is 2.02. The summed E-state index contributed by atoms with van der Waals surface area (Å²) in [6.45, 7) is 0.478. The smallest absolute Gasteiger partial charge is 0.239 e. The Bertz CT molecular complexity index is 740. The summed E-state index contributed by atoms with van der Waals surface area (Å²) in [5.74, 6) is -0.566. The average molecular weight is 409 g/mol. The maximum absolute atomic E-state index is 13.5. The number of hydrogen-bond acceptors (Lipinski definition) is 4. The van der Waals surface area contributed by atoms with Gasteiger partial charge in [0, 0.05) is 23.6 Å². The summed E-state index contributed by atoms with van der Waals surface area (Å²) in [7, 11) is 1.73. The van der Waals surface area contributed by atoms with Crippen molar-refractivity contribution >= 4 is 39.2 Å². The maximum Gasteiger partial charge on any atom is 0.239 e. The zero-order valence-corrected chi connectivity index (χ0v) is 15.2. The van der Waals surface area contributed by atoms with Gasteiger partial charge in [0.05, 0.1) is 12.2 Å². The van der Waals surface area contributed by atoms with Gasteiger partial charge in [0.15, 0.2) is 0 Å². The predicted molar refractivity (Wildman–Crippen MR) is 97.7 cm³/mol. The Morgan fingerprint density at radius 3 is 2.60 bits per heavy atom. The van der Waals surface area contributed by atoms with E-state index in [1.165, 1.54) is 12.1 Å². The van der Waals surface area contributed by atoms with Gasteiger partial charge in [-0.3, -0.25) is 14.5 Å². The van der Waals surface area contributed by atoms with Crippen LogP contribution in [0.5, 0.6) is 0 Å². The first-order chi connectivity index (χ1) is 11.9. The molecule has 6 nitrogen and oxygen atoms in total. The van der Waals surface area contributed by atoms with Crippen molar-refractivity contribution in [2.45, 2.75) is 6.42 Å². The molecule has 1 heterocycles. The van der Waals surface area contributed by atoms with Gasteiger partial charge in [-0.05, 0) is 47.2 Å². The second-order valence-electron chi connectivity index (χ2n) is 5.43. The zero-order valence-electron chi connectivity index (χ0n) is 13.6. The van der Waals surface area contributed by atoms with Crippen LogP contribution in [0.2, 0.25) is 0 Å². The lowest BCUT2D eigenvalue weighted by molar-refractivity contribution is -0.119. The summed E-state index contributed by atoms with van der Waals surface area (Å²) < 4.78 is 14.3. The van der Waals surface area contributed by atoms with Crippen LogP contribution in [0, 0.1) is 5.82 Å². The van der Waals surface area contributed by atoms with Crippen molar-refractivity contribution in [1.29, 1.82) is 0 Å². The number of aromatic nitrogens is 1. The van der Waals surface area contributed by atoms with E-state index in [0.717, 1.165) is 4.47 Å². The van der Waals surface area contributed by atoms with E-state index in [2.05, 4.69) is 31.5 Å². The van der Waals surface area contributed by atoms with E-state index < -0.39 is 5.82 Å². The Morgan fingerprint density at radius 1 is 1.16 bits per heavy atom. The lowest BCUT2D eigenvalue weighted by Crippen LogP contribution is -2.32. The molecule has 1 aromatic heterocycles. The van der Waals surface area contributed by atoms with E-state index in [-0.39, 0.29) is 30.5 Å². The van der Waals surface area contributed by atoms with Crippen molar-refractivity contribution in [3.63, 3.8) is 0 Å². The van der Waals surface area contributed by atoms with Gasteiger partial charge in [-0.15, -0.1) is 0 Å². The molecule has 0 aliphatic carbocycles. The highest BCUT2D eigenvalue weighted by atomic mass is 79.9. The van der Waals surface area contributed by atoms with Gasteiger partial charge in [-0.25, -0.2) is 9.37 Å². The Balaban J connectivity index is 1.73. The molecule has 2 aromatic rings. The van der Waals surface area contributed by atoms with Crippen LogP contribution in [0.4, 0.5) is 15.9 Å². The number of benzene rings is 1. The molecule has 1 aromatic carbocycles. The molecule has 8 heteroatoms. The number of carbonyl (C=O) groups is 2. The number of halogens is 2. The van der Waals surface area contributed by atoms with E-state index in [1.807, 2.05) is 0 Å². The first kappa shape index (κ1) is 19.0. The Hall–Kier alpha value is -2.32. The Labute approximate surface area is 153 Å². The van der Waals surface area contributed by atoms with Crippen molar-refractivity contribution in [3.05, 3.63) is 52.9 Å². The molecule has 0 bridgehead atoms. The highest BCUT2D eigenvalue weighted by Crippen LogP contribution is 2.12. The topological polar surface area (TPSA) is 74.3 Å². The molecule has 2 N–H and O–H groups in total. The van der Waals surface area contributed by atoms with Crippen LogP contribution in [-0.2, 0) is 9.59 Å². The van der Waals surface area contributed by atoms with Crippen LogP contribution in [-0.4, -0.2) is 41.8 Å². The molecule has 0 atom stereocenters. The number of pyridine rings is 1. The quantitative estimate of drug-likeness (QED) is 0.738. The molecular weight excluding hydrogens is 391 g/mol. The van der Waals surface area contributed by atoms with Crippen LogP contribution in [0.1, 0.15) is 6.42 Å². The SMILES string of the molecule is CN(CCC(=O)Nc1ccccc1F)CC(=O)Nc1ccc(Br)cn1. The summed E-state index contributed by atoms with van der Waals surface area (Å²) in [4.78, 5) is 29.6. The van der Waals surface area contributed by atoms with Crippen LogP contribution in [0.15, 0.2) is 47.1 Å². The van der Waals surface area contributed by atoms with Crippen molar-refractivity contribution in [1.82, 2.24) is 9.88 Å². The van der Waals surface area contributed by atoms with E-state index in [0.29, 0.717) is 12.4 Å². The van der Waals surface area contributed by atoms with Crippen molar-refractivity contribution in [2.75, 3.05) is 30.8 Å². The van der Waals surface area contributed by atoms with Gasteiger partial charge in [-0.2, -0.15) is 0 Å². The molecule has 0 radical (unpaired) electrons. The number of para-hydroxylation sites is 1. The second kappa shape index (κ2) is 9.24. The summed E-state index contributed by atoms with van der Waals surface area (Å²) in [5, 5.41) is 5.18. The molecule has 2 amide bonds. The lowest BCUT2D eigenvalue weighted by Gasteiger charge is -2.16. The summed E-state index contributed by atoms with van der Waals surface area (Å²) in [6.07, 6.45) is 1.74. The Kier molecular flexibility index (Phi) is 7.03. The largest absolute Gasteiger partial charge is 0.324 e. The van der Waals surface area contributed by atoms with Gasteiger partial charge in [0.25, 0.3) is 0 Å². The molecule has 0 aliphatic rings. The minimum Gasteiger partial charge on any atom is -0.324 e. The number of likely N-dealkylation sites (N-methyl/N-ethyl adjacent to an activating group) is 1. The van der Waals surface area contributed by atoms with Crippen LogP contribution < -0.4 is 10.6 Å². The van der Waals surface area contributed by atoms with Gasteiger partial charge in [-0.1, -0.05) is 12.1 Å². The van der Waals surface area contributed by atoms with E-state index in [4.69, 9.17) is 0 Å². The number of rotatable bonds is 7. The third-order valence-electron chi connectivity index (χ3n) is 3.28. The average Bonchev–Trinajstić information content (AvgIpc) is 2.57. The molecular formula is C17H18BrFN4O2. The molecule has 25 heavy (non-hydrogen) atoms. The molecule has 0 spiro atoms. The summed E-state index contributed by atoms with van der Waals surface area (Å²) in [6, 6.07) is 9.43. The van der Waals surface area contributed by atoms with Crippen molar-refractivity contribution < 1.29 is 14.0 Å². The van der Waals surface area contributed by atoms with Gasteiger partial charge in [0.2, 0.25) is 11.8 Å². The minimum atomic E-state index is -0.481. The molecule has 0 saturated carbocycles.